The SMILES string of the molecule is CC(C)(C)CC(C)(S)CC(=O)NC1CCC(NC(=O)OC(C)(C)C)CC1. The molecule has 0 aromatic heterocycles. The molecule has 0 aliphatic heterocycles. The van der Waals surface area contributed by atoms with Crippen molar-refractivity contribution in [3.63, 3.8) is 0 Å². The summed E-state index contributed by atoms with van der Waals surface area (Å²) in [6, 6.07) is 0.298. The van der Waals surface area contributed by atoms with Gasteiger partial charge in [-0.3, -0.25) is 4.79 Å². The Morgan fingerprint density at radius 3 is 1.81 bits per heavy atom. The zero-order valence-corrected chi connectivity index (χ0v) is 18.5. The van der Waals surface area contributed by atoms with Gasteiger partial charge in [-0.15, -0.1) is 0 Å². The number of rotatable bonds is 5. The molecule has 1 saturated carbocycles. The summed E-state index contributed by atoms with van der Waals surface area (Å²) >= 11 is 4.70. The molecule has 2 amide bonds. The van der Waals surface area contributed by atoms with E-state index in [4.69, 9.17) is 17.4 Å². The first-order valence-corrected chi connectivity index (χ1v) is 10.1. The quantitative estimate of drug-likeness (QED) is 0.611. The number of alkyl carbamates (subject to hydrolysis) is 1. The molecule has 6 heteroatoms. The lowest BCUT2D eigenvalue weighted by atomic mass is 9.83. The van der Waals surface area contributed by atoms with Crippen LogP contribution in [0.4, 0.5) is 4.79 Å². The Balaban J connectivity index is 2.35. The molecule has 5 nitrogen and oxygen atoms in total. The van der Waals surface area contributed by atoms with Gasteiger partial charge in [0.25, 0.3) is 0 Å². The summed E-state index contributed by atoms with van der Waals surface area (Å²) in [6.07, 6.45) is 4.38. The van der Waals surface area contributed by atoms with Crippen molar-refractivity contribution in [2.24, 2.45) is 5.41 Å². The van der Waals surface area contributed by atoms with Crippen LogP contribution in [0, 0.1) is 5.41 Å². The van der Waals surface area contributed by atoms with E-state index in [0.717, 1.165) is 32.1 Å². The number of hydrogen-bond donors (Lipinski definition) is 3. The van der Waals surface area contributed by atoms with Crippen molar-refractivity contribution in [3.8, 4) is 0 Å². The molecule has 0 bridgehead atoms. The molecule has 0 aromatic carbocycles. The Morgan fingerprint density at radius 2 is 1.38 bits per heavy atom. The normalized spacial score (nSPS) is 23.7. The van der Waals surface area contributed by atoms with Gasteiger partial charge in [0.05, 0.1) is 0 Å². The summed E-state index contributed by atoms with van der Waals surface area (Å²) in [6.45, 7) is 14.1. The lowest BCUT2D eigenvalue weighted by molar-refractivity contribution is -0.122. The number of carbonyl (C=O) groups excluding carboxylic acids is 2. The Labute approximate surface area is 164 Å². The third-order valence-electron chi connectivity index (χ3n) is 4.27. The van der Waals surface area contributed by atoms with Gasteiger partial charge in [-0.2, -0.15) is 12.6 Å². The zero-order valence-electron chi connectivity index (χ0n) is 17.6. The lowest BCUT2D eigenvalue weighted by Crippen LogP contribution is -2.46. The van der Waals surface area contributed by atoms with E-state index < -0.39 is 5.60 Å². The molecule has 0 radical (unpaired) electrons. The predicted octanol–water partition coefficient (Wildman–Crippen LogP) is 4.45. The van der Waals surface area contributed by atoms with Gasteiger partial charge in [0.15, 0.2) is 0 Å². The van der Waals surface area contributed by atoms with Gasteiger partial charge >= 0.3 is 6.09 Å². The number of amides is 2. The van der Waals surface area contributed by atoms with Crippen LogP contribution < -0.4 is 10.6 Å². The Bertz CT molecular complexity index is 484. The first-order valence-electron chi connectivity index (χ1n) is 9.66. The second-order valence-electron chi connectivity index (χ2n) is 10.2. The van der Waals surface area contributed by atoms with Gasteiger partial charge in [-0.25, -0.2) is 4.79 Å². The molecule has 0 heterocycles. The first-order chi connectivity index (χ1) is 11.7. The van der Waals surface area contributed by atoms with E-state index in [9.17, 15) is 9.59 Å². The van der Waals surface area contributed by atoms with Crippen LogP contribution in [0.3, 0.4) is 0 Å². The van der Waals surface area contributed by atoms with Crippen LogP contribution in [0.2, 0.25) is 0 Å². The summed E-state index contributed by atoms with van der Waals surface area (Å²) in [5.41, 5.74) is -0.343. The molecule has 1 rings (SSSR count). The molecule has 0 spiro atoms. The van der Waals surface area contributed by atoms with Crippen molar-refractivity contribution in [1.82, 2.24) is 10.6 Å². The summed E-state index contributed by atoms with van der Waals surface area (Å²) in [7, 11) is 0. The molecule has 152 valence electrons. The number of ether oxygens (including phenoxy) is 1. The molecular formula is C20H38N2O3S. The lowest BCUT2D eigenvalue weighted by Gasteiger charge is -2.33. The molecule has 0 saturated heterocycles. The molecule has 1 unspecified atom stereocenters. The van der Waals surface area contributed by atoms with Crippen LogP contribution in [-0.4, -0.2) is 34.4 Å². The van der Waals surface area contributed by atoms with Crippen molar-refractivity contribution in [1.29, 1.82) is 0 Å². The number of carbonyl (C=O) groups is 2. The van der Waals surface area contributed by atoms with Crippen LogP contribution in [0.25, 0.3) is 0 Å². The maximum absolute atomic E-state index is 12.4. The first kappa shape index (κ1) is 23.1. The number of nitrogens with one attached hydrogen (secondary N) is 2. The number of thiol groups is 1. The fourth-order valence-electron chi connectivity index (χ4n) is 3.69. The van der Waals surface area contributed by atoms with E-state index in [1.165, 1.54) is 0 Å². The Kier molecular flexibility index (Phi) is 7.88. The van der Waals surface area contributed by atoms with Crippen LogP contribution in [0.5, 0.6) is 0 Å². The van der Waals surface area contributed by atoms with E-state index in [1.54, 1.807) is 0 Å². The fourth-order valence-corrected chi connectivity index (χ4v) is 4.30. The largest absolute Gasteiger partial charge is 0.444 e. The smallest absolute Gasteiger partial charge is 0.407 e. The van der Waals surface area contributed by atoms with Gasteiger partial charge in [-0.05, 0) is 58.3 Å². The minimum Gasteiger partial charge on any atom is -0.444 e. The van der Waals surface area contributed by atoms with Gasteiger partial charge in [0.1, 0.15) is 5.60 Å². The van der Waals surface area contributed by atoms with Gasteiger partial charge in [-0.1, -0.05) is 27.7 Å². The van der Waals surface area contributed by atoms with Gasteiger partial charge in [0, 0.05) is 23.3 Å². The van der Waals surface area contributed by atoms with Crippen LogP contribution >= 0.6 is 12.6 Å². The van der Waals surface area contributed by atoms with E-state index in [1.807, 2.05) is 27.7 Å². The van der Waals surface area contributed by atoms with Crippen LogP contribution in [0.15, 0.2) is 0 Å². The van der Waals surface area contributed by atoms with Crippen molar-refractivity contribution in [2.45, 2.75) is 109 Å². The highest BCUT2D eigenvalue weighted by atomic mass is 32.1. The predicted molar refractivity (Wildman–Crippen MR) is 110 cm³/mol. The molecule has 0 aromatic rings. The molecular weight excluding hydrogens is 348 g/mol. The fraction of sp³-hybridized carbons (Fsp3) is 0.900. The van der Waals surface area contributed by atoms with E-state index in [-0.39, 0.29) is 34.2 Å². The Hall–Kier alpha value is -0.910. The minimum absolute atomic E-state index is 0.0651. The highest BCUT2D eigenvalue weighted by molar-refractivity contribution is 7.81. The van der Waals surface area contributed by atoms with Gasteiger partial charge in [0.2, 0.25) is 5.91 Å². The van der Waals surface area contributed by atoms with E-state index in [2.05, 4.69) is 31.4 Å². The standard InChI is InChI=1S/C20H38N2O3S/c1-18(2,3)13-20(7,26)12-16(23)21-14-8-10-15(11-9-14)22-17(24)25-19(4,5)6/h14-15,26H,8-13H2,1-7H3,(H,21,23)(H,22,24). The van der Waals surface area contributed by atoms with Crippen molar-refractivity contribution in [2.75, 3.05) is 0 Å². The average Bonchev–Trinajstić information content (AvgIpc) is 2.34. The monoisotopic (exact) mass is 386 g/mol. The molecule has 2 N–H and O–H groups in total. The zero-order chi connectivity index (χ0) is 20.2. The van der Waals surface area contributed by atoms with Crippen LogP contribution in [0.1, 0.15) is 87.0 Å². The summed E-state index contributed by atoms with van der Waals surface area (Å²) in [4.78, 5) is 24.2. The van der Waals surface area contributed by atoms with Crippen molar-refractivity contribution < 1.29 is 14.3 Å². The second kappa shape index (κ2) is 8.85. The van der Waals surface area contributed by atoms with Crippen molar-refractivity contribution in [3.05, 3.63) is 0 Å². The topological polar surface area (TPSA) is 67.4 Å². The third kappa shape index (κ3) is 10.3. The number of hydrogen-bond acceptors (Lipinski definition) is 4. The Morgan fingerprint density at radius 1 is 0.923 bits per heavy atom. The molecule has 1 aliphatic rings. The maximum atomic E-state index is 12.4. The average molecular weight is 387 g/mol. The van der Waals surface area contributed by atoms with Crippen molar-refractivity contribution >= 4 is 24.6 Å². The van der Waals surface area contributed by atoms with Crippen LogP contribution in [-0.2, 0) is 9.53 Å². The van der Waals surface area contributed by atoms with E-state index in [0.29, 0.717) is 6.42 Å². The molecule has 1 aliphatic carbocycles. The van der Waals surface area contributed by atoms with Gasteiger partial charge < -0.3 is 15.4 Å². The molecule has 1 fully saturated rings. The maximum Gasteiger partial charge on any atom is 0.407 e. The van der Waals surface area contributed by atoms with E-state index >= 15 is 0 Å². The summed E-state index contributed by atoms with van der Waals surface area (Å²) in [5, 5.41) is 6.07. The molecule has 26 heavy (non-hydrogen) atoms. The minimum atomic E-state index is -0.484. The molecule has 1 atom stereocenters. The second-order valence-corrected chi connectivity index (χ2v) is 11.3. The third-order valence-corrected chi connectivity index (χ3v) is 4.58. The summed E-state index contributed by atoms with van der Waals surface area (Å²) in [5.74, 6) is 0.0651. The highest BCUT2D eigenvalue weighted by Gasteiger charge is 2.31. The highest BCUT2D eigenvalue weighted by Crippen LogP contribution is 2.34. The summed E-state index contributed by atoms with van der Waals surface area (Å²) < 4.78 is 4.99.